The fourth-order valence-electron chi connectivity index (χ4n) is 3.53. The summed E-state index contributed by atoms with van der Waals surface area (Å²) in [4.78, 5) is 14.2. The van der Waals surface area contributed by atoms with Crippen molar-refractivity contribution in [2.75, 3.05) is 0 Å². The van der Waals surface area contributed by atoms with Crippen LogP contribution in [-0.4, -0.2) is 19.5 Å². The highest BCUT2D eigenvalue weighted by Crippen LogP contribution is 2.29. The standard InChI is InChI=1S/C22H18N4/c1-14-10-18-19(11-15(14)2)25-22-21(24-18)17-7-3-4-8-20(17)26(22)13-16-6-5-9-23-12-16/h3-12H,13H2,1-2H3. The topological polar surface area (TPSA) is 43.6 Å². The number of rotatable bonds is 2. The zero-order valence-corrected chi connectivity index (χ0v) is 14.8. The van der Waals surface area contributed by atoms with Gasteiger partial charge in [0.05, 0.1) is 23.1 Å². The molecule has 2 aromatic carbocycles. The molecule has 0 saturated carbocycles. The smallest absolute Gasteiger partial charge is 0.160 e. The molecule has 0 N–H and O–H groups in total. The van der Waals surface area contributed by atoms with Crippen molar-refractivity contribution in [1.29, 1.82) is 0 Å². The maximum atomic E-state index is 4.99. The van der Waals surface area contributed by atoms with Crippen LogP contribution in [0.4, 0.5) is 0 Å². The Labute approximate surface area is 151 Å². The number of fused-ring (bicyclic) bond motifs is 4. The number of aryl methyl sites for hydroxylation is 2. The van der Waals surface area contributed by atoms with Gasteiger partial charge in [-0.1, -0.05) is 24.3 Å². The van der Waals surface area contributed by atoms with E-state index in [0.717, 1.165) is 45.2 Å². The number of hydrogen-bond acceptors (Lipinski definition) is 3. The predicted octanol–water partition coefficient (Wildman–Crippen LogP) is 4.80. The second kappa shape index (κ2) is 5.63. The summed E-state index contributed by atoms with van der Waals surface area (Å²) in [7, 11) is 0. The van der Waals surface area contributed by atoms with E-state index >= 15 is 0 Å². The van der Waals surface area contributed by atoms with Crippen molar-refractivity contribution in [1.82, 2.24) is 19.5 Å². The second-order valence-corrected chi connectivity index (χ2v) is 6.79. The van der Waals surface area contributed by atoms with Crippen molar-refractivity contribution >= 4 is 33.1 Å². The van der Waals surface area contributed by atoms with E-state index in [-0.39, 0.29) is 0 Å². The molecule has 3 aromatic heterocycles. The number of hydrogen-bond donors (Lipinski definition) is 0. The van der Waals surface area contributed by atoms with Gasteiger partial charge in [0, 0.05) is 17.8 Å². The Morgan fingerprint density at radius 1 is 0.885 bits per heavy atom. The van der Waals surface area contributed by atoms with Crippen molar-refractivity contribution in [2.24, 2.45) is 0 Å². The monoisotopic (exact) mass is 338 g/mol. The summed E-state index contributed by atoms with van der Waals surface area (Å²) < 4.78 is 2.24. The number of nitrogens with zero attached hydrogens (tertiary/aromatic N) is 4. The number of aromatic nitrogens is 4. The van der Waals surface area contributed by atoms with E-state index in [0.29, 0.717) is 0 Å². The quantitative estimate of drug-likeness (QED) is 0.464. The summed E-state index contributed by atoms with van der Waals surface area (Å²) >= 11 is 0. The molecule has 0 aliphatic rings. The number of para-hydroxylation sites is 1. The first kappa shape index (κ1) is 15.0. The van der Waals surface area contributed by atoms with Gasteiger partial charge in [-0.25, -0.2) is 9.97 Å². The Kier molecular flexibility index (Phi) is 3.25. The lowest BCUT2D eigenvalue weighted by molar-refractivity contribution is 0.851. The fraction of sp³-hybridized carbons (Fsp3) is 0.136. The summed E-state index contributed by atoms with van der Waals surface area (Å²) in [5.41, 5.74) is 8.55. The van der Waals surface area contributed by atoms with Crippen LogP contribution in [0.3, 0.4) is 0 Å². The molecule has 3 heterocycles. The van der Waals surface area contributed by atoms with Crippen LogP contribution >= 0.6 is 0 Å². The lowest BCUT2D eigenvalue weighted by atomic mass is 10.1. The van der Waals surface area contributed by atoms with Gasteiger partial charge in [-0.2, -0.15) is 0 Å². The van der Waals surface area contributed by atoms with Crippen molar-refractivity contribution in [2.45, 2.75) is 20.4 Å². The molecule has 0 bridgehead atoms. The van der Waals surface area contributed by atoms with Gasteiger partial charge >= 0.3 is 0 Å². The largest absolute Gasteiger partial charge is 0.319 e. The highest BCUT2D eigenvalue weighted by molar-refractivity contribution is 6.06. The molecule has 0 aliphatic carbocycles. The molecule has 4 nitrogen and oxygen atoms in total. The minimum absolute atomic E-state index is 0.725. The molecule has 0 radical (unpaired) electrons. The van der Waals surface area contributed by atoms with Crippen LogP contribution in [-0.2, 0) is 6.54 Å². The third-order valence-corrected chi connectivity index (χ3v) is 5.03. The lowest BCUT2D eigenvalue weighted by Gasteiger charge is -2.07. The first-order valence-electron chi connectivity index (χ1n) is 8.75. The Balaban J connectivity index is 1.86. The fourth-order valence-corrected chi connectivity index (χ4v) is 3.53. The lowest BCUT2D eigenvalue weighted by Crippen LogP contribution is -2.01. The minimum atomic E-state index is 0.725. The molecule has 26 heavy (non-hydrogen) atoms. The Hall–Kier alpha value is -3.27. The van der Waals surface area contributed by atoms with Gasteiger partial charge in [0.1, 0.15) is 5.52 Å². The maximum absolute atomic E-state index is 4.99. The van der Waals surface area contributed by atoms with E-state index in [1.165, 1.54) is 11.1 Å². The maximum Gasteiger partial charge on any atom is 0.160 e. The molecule has 4 heteroatoms. The van der Waals surface area contributed by atoms with Crippen molar-refractivity contribution < 1.29 is 0 Å². The van der Waals surface area contributed by atoms with Gasteiger partial charge in [0.25, 0.3) is 0 Å². The van der Waals surface area contributed by atoms with Gasteiger partial charge in [-0.15, -0.1) is 0 Å². The van der Waals surface area contributed by atoms with E-state index in [1.54, 1.807) is 6.20 Å². The van der Waals surface area contributed by atoms with E-state index in [4.69, 9.17) is 9.97 Å². The van der Waals surface area contributed by atoms with Crippen molar-refractivity contribution in [3.8, 4) is 0 Å². The Morgan fingerprint density at radius 3 is 2.42 bits per heavy atom. The van der Waals surface area contributed by atoms with Crippen LogP contribution in [0.5, 0.6) is 0 Å². The van der Waals surface area contributed by atoms with Crippen LogP contribution in [0.15, 0.2) is 60.9 Å². The first-order chi connectivity index (χ1) is 12.7. The van der Waals surface area contributed by atoms with Crippen molar-refractivity contribution in [3.63, 3.8) is 0 Å². The molecule has 0 spiro atoms. The van der Waals surface area contributed by atoms with E-state index < -0.39 is 0 Å². The highest BCUT2D eigenvalue weighted by atomic mass is 15.1. The minimum Gasteiger partial charge on any atom is -0.319 e. The molecule has 126 valence electrons. The van der Waals surface area contributed by atoms with Crippen LogP contribution in [0.25, 0.3) is 33.1 Å². The molecule has 5 rings (SSSR count). The molecular weight excluding hydrogens is 320 g/mol. The Bertz CT molecular complexity index is 1270. The molecule has 0 aliphatic heterocycles. The van der Waals surface area contributed by atoms with Gasteiger partial charge in [-0.3, -0.25) is 4.98 Å². The van der Waals surface area contributed by atoms with Crippen LogP contribution in [0.2, 0.25) is 0 Å². The summed E-state index contributed by atoms with van der Waals surface area (Å²) in [6.07, 6.45) is 3.70. The molecule has 0 saturated heterocycles. The van der Waals surface area contributed by atoms with Crippen LogP contribution in [0.1, 0.15) is 16.7 Å². The first-order valence-corrected chi connectivity index (χ1v) is 8.75. The van der Waals surface area contributed by atoms with Gasteiger partial charge in [-0.05, 0) is 54.8 Å². The van der Waals surface area contributed by atoms with E-state index in [9.17, 15) is 0 Å². The SMILES string of the molecule is Cc1cc2nc3c4ccccc4n(Cc4cccnc4)c3nc2cc1C. The average Bonchev–Trinajstić information content (AvgIpc) is 2.95. The van der Waals surface area contributed by atoms with E-state index in [1.807, 2.05) is 12.3 Å². The summed E-state index contributed by atoms with van der Waals surface area (Å²) in [6.45, 7) is 4.96. The predicted molar refractivity (Wildman–Crippen MR) is 105 cm³/mol. The molecule has 0 unspecified atom stereocenters. The third kappa shape index (κ3) is 2.26. The van der Waals surface area contributed by atoms with Gasteiger partial charge in [0.15, 0.2) is 5.65 Å². The van der Waals surface area contributed by atoms with Crippen molar-refractivity contribution in [3.05, 3.63) is 77.6 Å². The molecule has 0 atom stereocenters. The third-order valence-electron chi connectivity index (χ3n) is 5.03. The summed E-state index contributed by atoms with van der Waals surface area (Å²) in [5.74, 6) is 0. The second-order valence-electron chi connectivity index (χ2n) is 6.79. The highest BCUT2D eigenvalue weighted by Gasteiger charge is 2.15. The molecule has 5 aromatic rings. The number of pyridine rings is 1. The summed E-state index contributed by atoms with van der Waals surface area (Å²) in [6, 6.07) is 16.7. The molecular formula is C22H18N4. The van der Waals surface area contributed by atoms with E-state index in [2.05, 4.69) is 65.9 Å². The van der Waals surface area contributed by atoms with Crippen LogP contribution < -0.4 is 0 Å². The Morgan fingerprint density at radius 2 is 1.65 bits per heavy atom. The molecule has 0 amide bonds. The van der Waals surface area contributed by atoms with Gasteiger partial charge < -0.3 is 4.57 Å². The number of benzene rings is 2. The van der Waals surface area contributed by atoms with Crippen LogP contribution in [0, 0.1) is 13.8 Å². The molecule has 0 fully saturated rings. The zero-order chi connectivity index (χ0) is 17.7. The zero-order valence-electron chi connectivity index (χ0n) is 14.8. The average molecular weight is 338 g/mol. The van der Waals surface area contributed by atoms with Gasteiger partial charge in [0.2, 0.25) is 0 Å². The normalized spacial score (nSPS) is 11.6. The summed E-state index contributed by atoms with van der Waals surface area (Å²) in [5, 5.41) is 1.14.